The van der Waals surface area contributed by atoms with E-state index in [1.807, 2.05) is 6.92 Å². The number of hydrogen-bond acceptors (Lipinski definition) is 3. The van der Waals surface area contributed by atoms with Crippen molar-refractivity contribution in [1.82, 2.24) is 5.32 Å². The molecule has 5 heteroatoms. The van der Waals surface area contributed by atoms with Crippen molar-refractivity contribution in [3.05, 3.63) is 35.1 Å². The van der Waals surface area contributed by atoms with E-state index in [9.17, 15) is 9.18 Å². The second-order valence-corrected chi connectivity index (χ2v) is 4.90. The van der Waals surface area contributed by atoms with Crippen molar-refractivity contribution >= 4 is 5.91 Å². The predicted octanol–water partition coefficient (Wildman–Crippen LogP) is 2.06. The molecule has 1 heterocycles. The third kappa shape index (κ3) is 3.55. The van der Waals surface area contributed by atoms with Crippen LogP contribution in [0, 0.1) is 12.7 Å². The molecule has 1 aromatic rings. The van der Waals surface area contributed by atoms with E-state index in [4.69, 9.17) is 9.47 Å². The molecular formula is C15H20FNO3. The summed E-state index contributed by atoms with van der Waals surface area (Å²) in [6.45, 7) is 5.31. The number of carbonyl (C=O) groups excluding carboxylic acids is 1. The van der Waals surface area contributed by atoms with Crippen LogP contribution in [0.4, 0.5) is 4.39 Å². The summed E-state index contributed by atoms with van der Waals surface area (Å²) in [5, 5.41) is 2.96. The Morgan fingerprint density at radius 3 is 3.05 bits per heavy atom. The highest BCUT2D eigenvalue weighted by Crippen LogP contribution is 2.14. The molecule has 0 radical (unpaired) electrons. The Labute approximate surface area is 118 Å². The Balaban J connectivity index is 2.05. The van der Waals surface area contributed by atoms with Crippen LogP contribution >= 0.6 is 0 Å². The van der Waals surface area contributed by atoms with Gasteiger partial charge in [-0.1, -0.05) is 0 Å². The van der Waals surface area contributed by atoms with Gasteiger partial charge in [0.25, 0.3) is 5.91 Å². The molecule has 1 N–H and O–H groups in total. The van der Waals surface area contributed by atoms with Gasteiger partial charge in [-0.25, -0.2) is 4.39 Å². The van der Waals surface area contributed by atoms with E-state index < -0.39 is 0 Å². The van der Waals surface area contributed by atoms with Gasteiger partial charge < -0.3 is 14.8 Å². The summed E-state index contributed by atoms with van der Waals surface area (Å²) in [6, 6.07) is 4.10. The fourth-order valence-electron chi connectivity index (χ4n) is 2.38. The molecule has 4 nitrogen and oxygen atoms in total. The number of nitrogens with one attached hydrogen (secondary N) is 1. The van der Waals surface area contributed by atoms with Crippen LogP contribution in [0.15, 0.2) is 18.2 Å². The van der Waals surface area contributed by atoms with E-state index in [1.165, 1.54) is 18.2 Å². The molecule has 1 aromatic carbocycles. The van der Waals surface area contributed by atoms with E-state index in [0.29, 0.717) is 30.9 Å². The van der Waals surface area contributed by atoms with Gasteiger partial charge in [0, 0.05) is 18.8 Å². The van der Waals surface area contributed by atoms with Crippen molar-refractivity contribution in [3.63, 3.8) is 0 Å². The Bertz CT molecular complexity index is 476. The molecule has 1 aliphatic heterocycles. The van der Waals surface area contributed by atoms with Crippen LogP contribution in [0.2, 0.25) is 0 Å². The van der Waals surface area contributed by atoms with Crippen molar-refractivity contribution in [1.29, 1.82) is 0 Å². The first-order valence-corrected chi connectivity index (χ1v) is 6.88. The Hall–Kier alpha value is -1.46. The van der Waals surface area contributed by atoms with E-state index in [2.05, 4.69) is 5.32 Å². The molecular weight excluding hydrogens is 261 g/mol. The minimum absolute atomic E-state index is 0.0688. The number of benzene rings is 1. The molecule has 20 heavy (non-hydrogen) atoms. The lowest BCUT2D eigenvalue weighted by Crippen LogP contribution is -2.50. The summed E-state index contributed by atoms with van der Waals surface area (Å²) >= 11 is 0. The van der Waals surface area contributed by atoms with Gasteiger partial charge in [0.15, 0.2) is 0 Å². The highest BCUT2D eigenvalue weighted by Gasteiger charge is 2.28. The second-order valence-electron chi connectivity index (χ2n) is 4.90. The van der Waals surface area contributed by atoms with Gasteiger partial charge in [-0.3, -0.25) is 4.79 Å². The zero-order valence-electron chi connectivity index (χ0n) is 11.8. The van der Waals surface area contributed by atoms with Crippen LogP contribution in [-0.2, 0) is 9.47 Å². The summed E-state index contributed by atoms with van der Waals surface area (Å²) < 4.78 is 24.0. The van der Waals surface area contributed by atoms with Crippen molar-refractivity contribution in [2.75, 3.05) is 19.8 Å². The summed E-state index contributed by atoms with van der Waals surface area (Å²) in [5.41, 5.74) is 1.12. The molecule has 2 atom stereocenters. The predicted molar refractivity (Wildman–Crippen MR) is 73.2 cm³/mol. The third-order valence-corrected chi connectivity index (χ3v) is 3.43. The number of hydrogen-bond donors (Lipinski definition) is 1. The molecule has 0 aliphatic carbocycles. The number of halogens is 1. The molecule has 1 saturated heterocycles. The standard InChI is InChI=1S/C15H20FNO3/c1-3-20-14-9-19-7-6-13(14)17-15(18)12-5-4-11(16)8-10(12)2/h4-5,8,13-14H,3,6-7,9H2,1-2H3,(H,17,18)/t13-,14-/m1/s1. The maximum Gasteiger partial charge on any atom is 0.251 e. The highest BCUT2D eigenvalue weighted by atomic mass is 19.1. The van der Waals surface area contributed by atoms with E-state index >= 15 is 0 Å². The van der Waals surface area contributed by atoms with Gasteiger partial charge in [0.2, 0.25) is 0 Å². The molecule has 0 unspecified atom stereocenters. The topological polar surface area (TPSA) is 47.6 Å². The maximum atomic E-state index is 13.1. The Morgan fingerprint density at radius 1 is 1.55 bits per heavy atom. The number of rotatable bonds is 4. The second kappa shape index (κ2) is 6.81. The molecule has 2 rings (SSSR count). The molecule has 0 spiro atoms. The average molecular weight is 281 g/mol. The molecule has 110 valence electrons. The average Bonchev–Trinajstić information content (AvgIpc) is 2.41. The van der Waals surface area contributed by atoms with Gasteiger partial charge in [-0.05, 0) is 44.0 Å². The monoisotopic (exact) mass is 281 g/mol. The lowest BCUT2D eigenvalue weighted by Gasteiger charge is -2.31. The normalized spacial score (nSPS) is 22.6. The molecule has 0 aromatic heterocycles. The molecule has 1 fully saturated rings. The Kier molecular flexibility index (Phi) is 5.09. The summed E-state index contributed by atoms with van der Waals surface area (Å²) in [6.07, 6.45) is 0.592. The first-order chi connectivity index (χ1) is 9.61. The lowest BCUT2D eigenvalue weighted by molar-refractivity contribution is -0.0632. The number of aryl methyl sites for hydroxylation is 1. The van der Waals surface area contributed by atoms with Crippen LogP contribution in [0.1, 0.15) is 29.3 Å². The van der Waals surface area contributed by atoms with Gasteiger partial charge >= 0.3 is 0 Å². The summed E-state index contributed by atoms with van der Waals surface area (Å²) in [5.74, 6) is -0.531. The van der Waals surface area contributed by atoms with Crippen LogP contribution in [0.5, 0.6) is 0 Å². The van der Waals surface area contributed by atoms with Gasteiger partial charge in [0.1, 0.15) is 11.9 Å². The SMILES string of the molecule is CCO[C@@H]1COCC[C@H]1NC(=O)c1ccc(F)cc1C. The fourth-order valence-corrected chi connectivity index (χ4v) is 2.38. The van der Waals surface area contributed by atoms with E-state index in [-0.39, 0.29) is 23.9 Å². The molecule has 1 aliphatic rings. The van der Waals surface area contributed by atoms with Crippen molar-refractivity contribution in [3.8, 4) is 0 Å². The van der Waals surface area contributed by atoms with E-state index in [1.54, 1.807) is 6.92 Å². The fraction of sp³-hybridized carbons (Fsp3) is 0.533. The van der Waals surface area contributed by atoms with Gasteiger partial charge in [0.05, 0.1) is 12.6 Å². The minimum atomic E-state index is -0.336. The zero-order valence-corrected chi connectivity index (χ0v) is 11.8. The molecule has 0 bridgehead atoms. The molecule has 1 amide bonds. The van der Waals surface area contributed by atoms with Crippen LogP contribution in [0.3, 0.4) is 0 Å². The van der Waals surface area contributed by atoms with Crippen LogP contribution in [0.25, 0.3) is 0 Å². The number of carbonyl (C=O) groups is 1. The van der Waals surface area contributed by atoms with Gasteiger partial charge in [-0.15, -0.1) is 0 Å². The van der Waals surface area contributed by atoms with E-state index in [0.717, 1.165) is 6.42 Å². The van der Waals surface area contributed by atoms with Gasteiger partial charge in [-0.2, -0.15) is 0 Å². The number of ether oxygens (including phenoxy) is 2. The summed E-state index contributed by atoms with van der Waals surface area (Å²) in [4.78, 5) is 12.3. The smallest absolute Gasteiger partial charge is 0.251 e. The van der Waals surface area contributed by atoms with Crippen LogP contribution < -0.4 is 5.32 Å². The maximum absolute atomic E-state index is 13.1. The quantitative estimate of drug-likeness (QED) is 0.919. The van der Waals surface area contributed by atoms with Crippen molar-refractivity contribution < 1.29 is 18.7 Å². The summed E-state index contributed by atoms with van der Waals surface area (Å²) in [7, 11) is 0. The zero-order chi connectivity index (χ0) is 14.5. The lowest BCUT2D eigenvalue weighted by atomic mass is 10.0. The Morgan fingerprint density at radius 2 is 2.35 bits per heavy atom. The largest absolute Gasteiger partial charge is 0.379 e. The van der Waals surface area contributed by atoms with Crippen molar-refractivity contribution in [2.24, 2.45) is 0 Å². The minimum Gasteiger partial charge on any atom is -0.379 e. The first-order valence-electron chi connectivity index (χ1n) is 6.88. The van der Waals surface area contributed by atoms with Crippen molar-refractivity contribution in [2.45, 2.75) is 32.4 Å². The first kappa shape index (κ1) is 14.9. The number of amides is 1. The van der Waals surface area contributed by atoms with Crippen LogP contribution in [-0.4, -0.2) is 37.9 Å². The molecule has 0 saturated carbocycles. The third-order valence-electron chi connectivity index (χ3n) is 3.43. The highest BCUT2D eigenvalue weighted by molar-refractivity contribution is 5.95.